The van der Waals surface area contributed by atoms with Gasteiger partial charge in [0.2, 0.25) is 5.91 Å². The highest BCUT2D eigenvalue weighted by molar-refractivity contribution is 6.32. The van der Waals surface area contributed by atoms with Gasteiger partial charge in [-0.25, -0.2) is 0 Å². The SMILES string of the molecule is NC(=O)CCOc1c(Cl)cccc1CO. The van der Waals surface area contributed by atoms with Crippen molar-refractivity contribution in [3.05, 3.63) is 28.8 Å². The highest BCUT2D eigenvalue weighted by Gasteiger charge is 2.07. The van der Waals surface area contributed by atoms with Crippen LogP contribution in [0.3, 0.4) is 0 Å². The highest BCUT2D eigenvalue weighted by Crippen LogP contribution is 2.28. The molecular formula is C10H12ClNO3. The number of aliphatic hydroxyl groups excluding tert-OH is 1. The van der Waals surface area contributed by atoms with Crippen molar-refractivity contribution >= 4 is 17.5 Å². The van der Waals surface area contributed by atoms with E-state index in [1.165, 1.54) is 0 Å². The van der Waals surface area contributed by atoms with E-state index in [0.717, 1.165) is 0 Å². The highest BCUT2D eigenvalue weighted by atomic mass is 35.5. The molecule has 0 aliphatic rings. The van der Waals surface area contributed by atoms with E-state index < -0.39 is 5.91 Å². The van der Waals surface area contributed by atoms with Crippen molar-refractivity contribution in [2.45, 2.75) is 13.0 Å². The number of para-hydroxylation sites is 1. The molecule has 1 aromatic rings. The van der Waals surface area contributed by atoms with Crippen molar-refractivity contribution in [1.29, 1.82) is 0 Å². The summed E-state index contributed by atoms with van der Waals surface area (Å²) in [6.07, 6.45) is 0.121. The van der Waals surface area contributed by atoms with Crippen LogP contribution >= 0.6 is 11.6 Å². The molecule has 3 N–H and O–H groups in total. The largest absolute Gasteiger partial charge is 0.491 e. The fraction of sp³-hybridized carbons (Fsp3) is 0.300. The number of carbonyl (C=O) groups excluding carboxylic acids is 1. The summed E-state index contributed by atoms with van der Waals surface area (Å²) in [5, 5.41) is 9.43. The van der Waals surface area contributed by atoms with E-state index in [2.05, 4.69) is 0 Å². The van der Waals surface area contributed by atoms with Gasteiger partial charge in [0.15, 0.2) is 0 Å². The summed E-state index contributed by atoms with van der Waals surface area (Å²) >= 11 is 5.87. The van der Waals surface area contributed by atoms with Gasteiger partial charge in [-0.05, 0) is 6.07 Å². The molecule has 82 valence electrons. The monoisotopic (exact) mass is 229 g/mol. The number of aliphatic hydroxyl groups is 1. The third-order valence-corrected chi connectivity index (χ3v) is 2.11. The zero-order chi connectivity index (χ0) is 11.3. The average Bonchev–Trinajstić information content (AvgIpc) is 2.20. The van der Waals surface area contributed by atoms with Gasteiger partial charge in [0.1, 0.15) is 5.75 Å². The van der Waals surface area contributed by atoms with Crippen LogP contribution in [-0.2, 0) is 11.4 Å². The number of ether oxygens (including phenoxy) is 1. The van der Waals surface area contributed by atoms with Gasteiger partial charge in [0.25, 0.3) is 0 Å². The van der Waals surface area contributed by atoms with E-state index in [1.54, 1.807) is 18.2 Å². The van der Waals surface area contributed by atoms with E-state index in [4.69, 9.17) is 27.2 Å². The zero-order valence-electron chi connectivity index (χ0n) is 8.07. The second-order valence-corrected chi connectivity index (χ2v) is 3.36. The van der Waals surface area contributed by atoms with Crippen LogP contribution in [0, 0.1) is 0 Å². The summed E-state index contributed by atoms with van der Waals surface area (Å²) in [6.45, 7) is -0.00146. The molecule has 0 aromatic heterocycles. The quantitative estimate of drug-likeness (QED) is 0.794. The van der Waals surface area contributed by atoms with Crippen molar-refractivity contribution in [1.82, 2.24) is 0 Å². The van der Waals surface area contributed by atoms with E-state index >= 15 is 0 Å². The Hall–Kier alpha value is -1.26. The van der Waals surface area contributed by atoms with Gasteiger partial charge in [-0.1, -0.05) is 23.7 Å². The van der Waals surface area contributed by atoms with Crippen molar-refractivity contribution in [2.24, 2.45) is 5.73 Å². The molecule has 0 bridgehead atoms. The second-order valence-electron chi connectivity index (χ2n) is 2.95. The molecule has 0 aliphatic carbocycles. The third kappa shape index (κ3) is 3.42. The Labute approximate surface area is 92.6 Å². The molecule has 5 heteroatoms. The summed E-state index contributed by atoms with van der Waals surface area (Å²) in [5.41, 5.74) is 5.55. The fourth-order valence-electron chi connectivity index (χ4n) is 1.09. The molecule has 15 heavy (non-hydrogen) atoms. The Morgan fingerprint density at radius 3 is 2.87 bits per heavy atom. The summed E-state index contributed by atoms with van der Waals surface area (Å²) in [7, 11) is 0. The molecule has 0 spiro atoms. The van der Waals surface area contributed by atoms with E-state index in [1.807, 2.05) is 0 Å². The molecule has 4 nitrogen and oxygen atoms in total. The minimum absolute atomic E-state index is 0.121. The van der Waals surface area contributed by atoms with Crippen LogP contribution in [0.2, 0.25) is 5.02 Å². The van der Waals surface area contributed by atoms with Gasteiger partial charge in [0, 0.05) is 5.56 Å². The predicted octanol–water partition coefficient (Wildman–Crippen LogP) is 1.09. The first-order valence-electron chi connectivity index (χ1n) is 4.44. The molecule has 0 saturated carbocycles. The van der Waals surface area contributed by atoms with Crippen molar-refractivity contribution in [3.63, 3.8) is 0 Å². The molecule has 0 aliphatic heterocycles. The van der Waals surface area contributed by atoms with Crippen LogP contribution < -0.4 is 10.5 Å². The minimum Gasteiger partial charge on any atom is -0.491 e. The van der Waals surface area contributed by atoms with Crippen LogP contribution in [0.15, 0.2) is 18.2 Å². The Balaban J connectivity index is 2.70. The number of nitrogens with two attached hydrogens (primary N) is 1. The van der Waals surface area contributed by atoms with Gasteiger partial charge >= 0.3 is 0 Å². The summed E-state index contributed by atoms with van der Waals surface area (Å²) in [6, 6.07) is 5.07. The maximum atomic E-state index is 10.5. The zero-order valence-corrected chi connectivity index (χ0v) is 8.83. The van der Waals surface area contributed by atoms with Gasteiger partial charge in [-0.3, -0.25) is 4.79 Å². The van der Waals surface area contributed by atoms with E-state index in [-0.39, 0.29) is 19.6 Å². The number of benzene rings is 1. The first-order valence-corrected chi connectivity index (χ1v) is 4.82. The molecule has 1 amide bonds. The number of hydrogen-bond acceptors (Lipinski definition) is 3. The Morgan fingerprint density at radius 1 is 1.53 bits per heavy atom. The predicted molar refractivity (Wildman–Crippen MR) is 56.7 cm³/mol. The van der Waals surface area contributed by atoms with E-state index in [9.17, 15) is 4.79 Å². The topological polar surface area (TPSA) is 72.6 Å². The molecule has 0 heterocycles. The molecular weight excluding hydrogens is 218 g/mol. The lowest BCUT2D eigenvalue weighted by molar-refractivity contribution is -0.118. The first-order chi connectivity index (χ1) is 7.15. The number of rotatable bonds is 5. The second kappa shape index (κ2) is 5.58. The Bertz CT molecular complexity index is 355. The maximum absolute atomic E-state index is 10.5. The van der Waals surface area contributed by atoms with Crippen LogP contribution in [-0.4, -0.2) is 17.6 Å². The van der Waals surface area contributed by atoms with Gasteiger partial charge in [-0.15, -0.1) is 0 Å². The Morgan fingerprint density at radius 2 is 2.27 bits per heavy atom. The normalized spacial score (nSPS) is 10.0. The number of halogens is 1. The minimum atomic E-state index is -0.437. The fourth-order valence-corrected chi connectivity index (χ4v) is 1.34. The number of amides is 1. The first kappa shape index (κ1) is 11.8. The van der Waals surface area contributed by atoms with Crippen LogP contribution in [0.25, 0.3) is 0 Å². The van der Waals surface area contributed by atoms with Crippen LogP contribution in [0.5, 0.6) is 5.75 Å². The molecule has 0 saturated heterocycles. The summed E-state index contributed by atoms with van der Waals surface area (Å²) < 4.78 is 5.28. The van der Waals surface area contributed by atoms with Crippen LogP contribution in [0.1, 0.15) is 12.0 Å². The number of primary amides is 1. The third-order valence-electron chi connectivity index (χ3n) is 1.81. The number of carbonyl (C=O) groups is 1. The lowest BCUT2D eigenvalue weighted by Crippen LogP contribution is -2.15. The van der Waals surface area contributed by atoms with Crippen molar-refractivity contribution < 1.29 is 14.6 Å². The molecule has 0 fully saturated rings. The molecule has 1 rings (SSSR count). The standard InChI is InChI=1S/C10H12ClNO3/c11-8-3-1-2-7(6-13)10(8)15-5-4-9(12)14/h1-3,13H,4-6H2,(H2,12,14). The molecule has 1 aromatic carbocycles. The Kier molecular flexibility index (Phi) is 4.39. The molecule has 0 radical (unpaired) electrons. The van der Waals surface area contributed by atoms with Gasteiger partial charge in [0.05, 0.1) is 24.7 Å². The molecule has 0 atom stereocenters. The summed E-state index contributed by atoms with van der Waals surface area (Å²) in [4.78, 5) is 10.5. The van der Waals surface area contributed by atoms with Crippen molar-refractivity contribution in [3.8, 4) is 5.75 Å². The van der Waals surface area contributed by atoms with Crippen molar-refractivity contribution in [2.75, 3.05) is 6.61 Å². The average molecular weight is 230 g/mol. The number of hydrogen-bond donors (Lipinski definition) is 2. The smallest absolute Gasteiger partial charge is 0.220 e. The van der Waals surface area contributed by atoms with E-state index in [0.29, 0.717) is 16.3 Å². The summed E-state index contributed by atoms with van der Waals surface area (Å²) in [5.74, 6) is -0.0319. The van der Waals surface area contributed by atoms with Gasteiger partial charge in [-0.2, -0.15) is 0 Å². The van der Waals surface area contributed by atoms with Gasteiger partial charge < -0.3 is 15.6 Å². The molecule has 0 unspecified atom stereocenters. The lowest BCUT2D eigenvalue weighted by atomic mass is 10.2. The lowest BCUT2D eigenvalue weighted by Gasteiger charge is -2.10. The van der Waals surface area contributed by atoms with Crippen LogP contribution in [0.4, 0.5) is 0 Å². The maximum Gasteiger partial charge on any atom is 0.220 e.